The number of thioether (sulfide) groups is 1. The van der Waals surface area contributed by atoms with Crippen LogP contribution < -0.4 is 16.6 Å². The van der Waals surface area contributed by atoms with E-state index in [1.165, 1.54) is 10.7 Å². The molecule has 0 aliphatic heterocycles. The van der Waals surface area contributed by atoms with Crippen LogP contribution in [-0.4, -0.2) is 25.9 Å². The Morgan fingerprint density at radius 2 is 1.75 bits per heavy atom. The highest BCUT2D eigenvalue weighted by atomic mass is 32.2. The van der Waals surface area contributed by atoms with Crippen molar-refractivity contribution >= 4 is 29.3 Å². The van der Waals surface area contributed by atoms with Gasteiger partial charge >= 0.3 is 0 Å². The van der Waals surface area contributed by atoms with Gasteiger partial charge in [-0.3, -0.25) is 14.7 Å². The molecule has 1 amide bonds. The Bertz CT molecular complexity index is 1550. The van der Waals surface area contributed by atoms with Crippen LogP contribution in [0.1, 0.15) is 24.5 Å². The van der Waals surface area contributed by atoms with E-state index in [9.17, 15) is 20.1 Å². The zero-order valence-electron chi connectivity index (χ0n) is 19.2. The highest BCUT2D eigenvalue weighted by Crippen LogP contribution is 2.37. The summed E-state index contributed by atoms with van der Waals surface area (Å²) < 4.78 is 1.33. The van der Waals surface area contributed by atoms with Crippen molar-refractivity contribution in [3.63, 3.8) is 0 Å². The smallest absolute Gasteiger partial charge is 0.273 e. The van der Waals surface area contributed by atoms with E-state index < -0.39 is 5.25 Å². The van der Waals surface area contributed by atoms with E-state index >= 15 is 0 Å². The maximum Gasteiger partial charge on any atom is 0.273 e. The summed E-state index contributed by atoms with van der Waals surface area (Å²) in [6.07, 6.45) is 0.410. The average Bonchev–Trinajstić information content (AvgIpc) is 3.27. The molecule has 1 atom stereocenters. The first-order valence-electron chi connectivity index (χ1n) is 11.0. The number of amides is 1. The van der Waals surface area contributed by atoms with Gasteiger partial charge in [-0.05, 0) is 24.1 Å². The van der Waals surface area contributed by atoms with Gasteiger partial charge in [-0.2, -0.15) is 10.5 Å². The van der Waals surface area contributed by atoms with Crippen LogP contribution >= 0.6 is 11.8 Å². The quantitative estimate of drug-likeness (QED) is 0.327. The van der Waals surface area contributed by atoms with Crippen molar-refractivity contribution in [3.05, 3.63) is 88.2 Å². The number of hydrogen-bond donors (Lipinski definition) is 3. The Balaban J connectivity index is 1.64. The number of nitrogen functional groups attached to an aromatic ring is 1. The van der Waals surface area contributed by atoms with Crippen LogP contribution in [-0.2, 0) is 4.79 Å². The number of nitrogens with zero attached hydrogens (tertiary/aromatic N) is 4. The number of carbonyl (C=O) groups excluding carboxylic acids is 1. The van der Waals surface area contributed by atoms with Gasteiger partial charge in [0, 0.05) is 11.6 Å². The fourth-order valence-corrected chi connectivity index (χ4v) is 4.69. The first-order chi connectivity index (χ1) is 17.5. The number of carbonyl (C=O) groups is 1. The minimum absolute atomic E-state index is 0.0163. The third-order valence-electron chi connectivity index (χ3n) is 5.39. The molecule has 4 N–H and O–H groups in total. The van der Waals surface area contributed by atoms with Gasteiger partial charge in [-0.15, -0.1) is 0 Å². The molecular formula is C26H21N7O2S. The number of anilines is 2. The second-order valence-electron chi connectivity index (χ2n) is 7.70. The molecule has 0 radical (unpaired) electrons. The lowest BCUT2D eigenvalue weighted by Gasteiger charge is -2.17. The molecule has 0 saturated heterocycles. The van der Waals surface area contributed by atoms with Gasteiger partial charge < -0.3 is 11.1 Å². The van der Waals surface area contributed by atoms with Crippen molar-refractivity contribution in [3.8, 4) is 29.0 Å². The summed E-state index contributed by atoms with van der Waals surface area (Å²) in [4.78, 5) is 29.8. The summed E-state index contributed by atoms with van der Waals surface area (Å²) in [5.41, 5.74) is 7.72. The number of nitrogens with one attached hydrogen (secondary N) is 2. The minimum atomic E-state index is -0.649. The Labute approximate surface area is 211 Å². The van der Waals surface area contributed by atoms with E-state index in [1.54, 1.807) is 48.5 Å². The molecule has 2 heterocycles. The number of pyridine rings is 1. The maximum atomic E-state index is 13.1. The van der Waals surface area contributed by atoms with Crippen LogP contribution in [0.25, 0.3) is 16.8 Å². The lowest BCUT2D eigenvalue weighted by Crippen LogP contribution is -2.25. The molecule has 4 rings (SSSR count). The molecule has 9 nitrogen and oxygen atoms in total. The Hall–Kier alpha value is -4.80. The number of aromatic nitrogens is 3. The topological polar surface area (TPSA) is 153 Å². The number of benzene rings is 2. The average molecular weight is 496 g/mol. The van der Waals surface area contributed by atoms with Crippen molar-refractivity contribution in [1.29, 1.82) is 10.5 Å². The van der Waals surface area contributed by atoms with Crippen LogP contribution in [0.2, 0.25) is 0 Å². The van der Waals surface area contributed by atoms with E-state index in [4.69, 9.17) is 5.73 Å². The van der Waals surface area contributed by atoms with Gasteiger partial charge in [0.2, 0.25) is 5.91 Å². The van der Waals surface area contributed by atoms with Crippen molar-refractivity contribution in [2.75, 3.05) is 11.1 Å². The van der Waals surface area contributed by atoms with Gasteiger partial charge in [-0.1, -0.05) is 67.2 Å². The van der Waals surface area contributed by atoms with E-state index in [-0.39, 0.29) is 39.3 Å². The molecule has 0 bridgehead atoms. The van der Waals surface area contributed by atoms with E-state index in [0.29, 0.717) is 23.2 Å². The predicted octanol–water partition coefficient (Wildman–Crippen LogP) is 4.06. The number of H-pyrrole nitrogens is 1. The molecule has 0 aliphatic rings. The number of nitrogens with two attached hydrogens (primary N) is 1. The van der Waals surface area contributed by atoms with Crippen molar-refractivity contribution in [2.45, 2.75) is 23.6 Å². The normalized spacial score (nSPS) is 11.3. The van der Waals surface area contributed by atoms with Crippen molar-refractivity contribution < 1.29 is 4.79 Å². The van der Waals surface area contributed by atoms with Crippen LogP contribution in [0.15, 0.2) is 76.6 Å². The molecule has 10 heteroatoms. The summed E-state index contributed by atoms with van der Waals surface area (Å²) >= 11 is 1.08. The zero-order chi connectivity index (χ0) is 25.7. The molecule has 36 heavy (non-hydrogen) atoms. The van der Waals surface area contributed by atoms with Gasteiger partial charge in [0.1, 0.15) is 34.4 Å². The molecule has 2 aromatic heterocycles. The molecular weight excluding hydrogens is 474 g/mol. The Morgan fingerprint density at radius 1 is 1.11 bits per heavy atom. The van der Waals surface area contributed by atoms with Gasteiger partial charge in [0.05, 0.1) is 16.5 Å². The van der Waals surface area contributed by atoms with Crippen molar-refractivity contribution in [2.24, 2.45) is 0 Å². The summed E-state index contributed by atoms with van der Waals surface area (Å²) in [6, 6.07) is 23.4. The van der Waals surface area contributed by atoms with E-state index in [0.717, 1.165) is 11.8 Å². The number of aromatic amines is 1. The van der Waals surface area contributed by atoms with Gasteiger partial charge in [-0.25, -0.2) is 9.67 Å². The molecule has 0 aliphatic carbocycles. The SMILES string of the molecule is CCC(Sc1nc(N)c(C#N)c(-c2ccccc2)c1C#N)C(=O)Nc1cc(=O)n(-c2ccccc2)[nH]1. The number of hydrogen-bond acceptors (Lipinski definition) is 7. The minimum Gasteiger partial charge on any atom is -0.383 e. The third kappa shape index (κ3) is 4.85. The second kappa shape index (κ2) is 10.6. The second-order valence-corrected chi connectivity index (χ2v) is 8.89. The first kappa shape index (κ1) is 24.3. The molecule has 4 aromatic rings. The number of rotatable bonds is 7. The molecule has 0 saturated carbocycles. The van der Waals surface area contributed by atoms with Crippen LogP contribution in [0.3, 0.4) is 0 Å². The summed E-state index contributed by atoms with van der Waals surface area (Å²) in [5, 5.41) is 24.9. The first-order valence-corrected chi connectivity index (χ1v) is 11.9. The van der Waals surface area contributed by atoms with Crippen LogP contribution in [0.4, 0.5) is 11.6 Å². The monoisotopic (exact) mass is 495 g/mol. The van der Waals surface area contributed by atoms with Crippen LogP contribution in [0, 0.1) is 22.7 Å². The predicted molar refractivity (Wildman–Crippen MR) is 138 cm³/mol. The Morgan fingerprint density at radius 3 is 2.36 bits per heavy atom. The van der Waals surface area contributed by atoms with Crippen molar-refractivity contribution in [1.82, 2.24) is 14.8 Å². The number of nitriles is 2. The summed E-state index contributed by atoms with van der Waals surface area (Å²) in [6.45, 7) is 1.83. The third-order valence-corrected chi connectivity index (χ3v) is 6.74. The van der Waals surface area contributed by atoms with Gasteiger partial charge in [0.15, 0.2) is 0 Å². The largest absolute Gasteiger partial charge is 0.383 e. The summed E-state index contributed by atoms with van der Waals surface area (Å²) in [5.74, 6) is -0.151. The lowest BCUT2D eigenvalue weighted by molar-refractivity contribution is -0.115. The lowest BCUT2D eigenvalue weighted by atomic mass is 9.97. The van der Waals surface area contributed by atoms with Crippen LogP contribution in [0.5, 0.6) is 0 Å². The fraction of sp³-hybridized carbons (Fsp3) is 0.115. The fourth-order valence-electron chi connectivity index (χ4n) is 3.68. The summed E-state index contributed by atoms with van der Waals surface area (Å²) in [7, 11) is 0. The standard InChI is InChI=1S/C26H21N7O2S/c1-2-20(25(35)30-21-13-22(34)33(32-21)17-11-7-4-8-12-17)36-26-19(15-28)23(16-9-5-3-6-10-16)18(14-27)24(29)31-26/h3-13,20,32H,2H2,1H3,(H2,29,31)(H,30,35). The highest BCUT2D eigenvalue weighted by molar-refractivity contribution is 8.00. The molecule has 0 fully saturated rings. The Kier molecular flexibility index (Phi) is 7.19. The zero-order valence-corrected chi connectivity index (χ0v) is 20.0. The van der Waals surface area contributed by atoms with E-state index in [2.05, 4.69) is 21.5 Å². The highest BCUT2D eigenvalue weighted by Gasteiger charge is 2.26. The van der Waals surface area contributed by atoms with E-state index in [1.807, 2.05) is 25.1 Å². The maximum absolute atomic E-state index is 13.1. The van der Waals surface area contributed by atoms with Gasteiger partial charge in [0.25, 0.3) is 5.56 Å². The molecule has 2 aromatic carbocycles. The number of para-hydroxylation sites is 1. The molecule has 0 spiro atoms. The molecule has 178 valence electrons. The molecule has 1 unspecified atom stereocenters.